The van der Waals surface area contributed by atoms with E-state index >= 15 is 0 Å². The molecule has 0 amide bonds. The highest BCUT2D eigenvalue weighted by molar-refractivity contribution is 7.09. The molecule has 0 saturated heterocycles. The van der Waals surface area contributed by atoms with Gasteiger partial charge in [0.25, 0.3) is 0 Å². The molecule has 2 N–H and O–H groups in total. The van der Waals surface area contributed by atoms with E-state index in [9.17, 15) is 0 Å². The first-order valence-electron chi connectivity index (χ1n) is 6.08. The highest BCUT2D eigenvalue weighted by Gasteiger charge is 2.15. The van der Waals surface area contributed by atoms with Gasteiger partial charge in [0.1, 0.15) is 0 Å². The molecule has 1 aliphatic rings. The van der Waals surface area contributed by atoms with E-state index in [1.807, 2.05) is 6.92 Å². The second-order valence-electron chi connectivity index (χ2n) is 4.69. The average molecular weight is 260 g/mol. The Morgan fingerprint density at radius 2 is 2.22 bits per heavy atom. The van der Waals surface area contributed by atoms with Crippen LogP contribution in [-0.2, 0) is 24.4 Å². The van der Waals surface area contributed by atoms with E-state index in [2.05, 4.69) is 28.6 Å². The van der Waals surface area contributed by atoms with Gasteiger partial charge in [0.05, 0.1) is 23.9 Å². The van der Waals surface area contributed by atoms with Gasteiger partial charge in [0.2, 0.25) is 0 Å². The summed E-state index contributed by atoms with van der Waals surface area (Å²) in [6.07, 6.45) is 0.796. The van der Waals surface area contributed by atoms with Crippen molar-refractivity contribution in [3.63, 3.8) is 0 Å². The van der Waals surface area contributed by atoms with E-state index in [0.29, 0.717) is 6.61 Å². The van der Waals surface area contributed by atoms with Crippen LogP contribution in [-0.4, -0.2) is 4.98 Å². The molecule has 1 unspecified atom stereocenters. The van der Waals surface area contributed by atoms with E-state index < -0.39 is 0 Å². The monoisotopic (exact) mass is 260 g/mol. The molecule has 3 rings (SSSR count). The molecular formula is C14H16N2OS. The molecule has 0 bridgehead atoms. The van der Waals surface area contributed by atoms with Gasteiger partial charge in [-0.25, -0.2) is 4.98 Å². The van der Waals surface area contributed by atoms with E-state index in [1.165, 1.54) is 16.7 Å². The van der Waals surface area contributed by atoms with Crippen LogP contribution in [0.15, 0.2) is 23.6 Å². The molecular weight excluding hydrogens is 244 g/mol. The molecule has 18 heavy (non-hydrogen) atoms. The minimum atomic E-state index is 0.0115. The molecule has 1 atom stereocenters. The Morgan fingerprint density at radius 3 is 3.00 bits per heavy atom. The zero-order valence-electron chi connectivity index (χ0n) is 10.3. The smallest absolute Gasteiger partial charge is 0.0897 e. The number of hydrogen-bond acceptors (Lipinski definition) is 4. The Balaban J connectivity index is 1.78. The van der Waals surface area contributed by atoms with Crippen LogP contribution in [0.4, 0.5) is 0 Å². The summed E-state index contributed by atoms with van der Waals surface area (Å²) < 4.78 is 5.42. The third-order valence-electron chi connectivity index (χ3n) is 3.27. The molecule has 1 aliphatic heterocycles. The van der Waals surface area contributed by atoms with Crippen molar-refractivity contribution in [3.8, 4) is 0 Å². The van der Waals surface area contributed by atoms with Gasteiger partial charge in [-0.3, -0.25) is 0 Å². The van der Waals surface area contributed by atoms with Crippen molar-refractivity contribution in [2.75, 3.05) is 0 Å². The van der Waals surface area contributed by atoms with Gasteiger partial charge < -0.3 is 10.5 Å². The zero-order valence-corrected chi connectivity index (χ0v) is 11.2. The fourth-order valence-electron chi connectivity index (χ4n) is 2.27. The van der Waals surface area contributed by atoms with Crippen molar-refractivity contribution in [2.45, 2.75) is 32.6 Å². The number of rotatable bonds is 3. The molecule has 94 valence electrons. The third kappa shape index (κ3) is 2.32. The van der Waals surface area contributed by atoms with Crippen LogP contribution in [0, 0.1) is 6.92 Å². The number of fused-ring (bicyclic) bond motifs is 1. The lowest BCUT2D eigenvalue weighted by atomic mass is 9.99. The van der Waals surface area contributed by atoms with Gasteiger partial charge in [-0.2, -0.15) is 0 Å². The summed E-state index contributed by atoms with van der Waals surface area (Å²) in [6, 6.07) is 6.42. The largest absolute Gasteiger partial charge is 0.372 e. The summed E-state index contributed by atoms with van der Waals surface area (Å²) in [7, 11) is 0. The van der Waals surface area contributed by atoms with Crippen molar-refractivity contribution in [1.29, 1.82) is 0 Å². The average Bonchev–Trinajstić information content (AvgIpc) is 2.96. The maximum Gasteiger partial charge on any atom is 0.0897 e. The lowest BCUT2D eigenvalue weighted by Crippen LogP contribution is -2.14. The minimum Gasteiger partial charge on any atom is -0.372 e. The van der Waals surface area contributed by atoms with Crippen LogP contribution in [0.1, 0.15) is 33.4 Å². The molecule has 0 aliphatic carbocycles. The normalized spacial score (nSPS) is 15.7. The standard InChI is InChI=1S/C14H16N2OS/c1-9-16-13(8-18-9)5-14(15)10-2-3-11-6-17-7-12(11)4-10/h2-4,8,14H,5-7,15H2,1H3. The zero-order chi connectivity index (χ0) is 12.5. The second kappa shape index (κ2) is 4.80. The van der Waals surface area contributed by atoms with Crippen LogP contribution in [0.25, 0.3) is 0 Å². The molecule has 0 radical (unpaired) electrons. The maximum atomic E-state index is 6.25. The molecule has 1 aromatic heterocycles. The van der Waals surface area contributed by atoms with E-state index in [-0.39, 0.29) is 6.04 Å². The van der Waals surface area contributed by atoms with Gasteiger partial charge in [-0.15, -0.1) is 11.3 Å². The Bertz CT molecular complexity index is 565. The first-order chi connectivity index (χ1) is 8.72. The quantitative estimate of drug-likeness (QED) is 0.923. The first kappa shape index (κ1) is 11.8. The van der Waals surface area contributed by atoms with Crippen LogP contribution >= 0.6 is 11.3 Å². The number of thiazole rings is 1. The minimum absolute atomic E-state index is 0.0115. The SMILES string of the molecule is Cc1nc(CC(N)c2ccc3c(c2)COC3)cs1. The fourth-order valence-corrected chi connectivity index (χ4v) is 2.89. The summed E-state index contributed by atoms with van der Waals surface area (Å²) in [5.41, 5.74) is 11.1. The van der Waals surface area contributed by atoms with Crippen LogP contribution in [0.3, 0.4) is 0 Å². The highest BCUT2D eigenvalue weighted by Crippen LogP contribution is 2.25. The third-order valence-corrected chi connectivity index (χ3v) is 4.09. The van der Waals surface area contributed by atoms with Gasteiger partial charge in [0.15, 0.2) is 0 Å². The van der Waals surface area contributed by atoms with Gasteiger partial charge in [-0.1, -0.05) is 18.2 Å². The van der Waals surface area contributed by atoms with Crippen molar-refractivity contribution in [1.82, 2.24) is 4.98 Å². The molecule has 2 aromatic rings. The van der Waals surface area contributed by atoms with Crippen molar-refractivity contribution < 1.29 is 4.74 Å². The van der Waals surface area contributed by atoms with Crippen LogP contribution in [0.2, 0.25) is 0 Å². The lowest BCUT2D eigenvalue weighted by Gasteiger charge is -2.11. The van der Waals surface area contributed by atoms with E-state index in [0.717, 1.165) is 23.7 Å². The topological polar surface area (TPSA) is 48.1 Å². The second-order valence-corrected chi connectivity index (χ2v) is 5.75. The highest BCUT2D eigenvalue weighted by atomic mass is 32.1. The number of aryl methyl sites for hydroxylation is 1. The first-order valence-corrected chi connectivity index (χ1v) is 6.96. The van der Waals surface area contributed by atoms with Crippen LogP contribution < -0.4 is 5.73 Å². The summed E-state index contributed by atoms with van der Waals surface area (Å²) in [5.74, 6) is 0. The predicted octanol–water partition coefficient (Wildman–Crippen LogP) is 2.72. The molecule has 4 heteroatoms. The Hall–Kier alpha value is -1.23. The molecule has 3 nitrogen and oxygen atoms in total. The predicted molar refractivity (Wildman–Crippen MR) is 72.4 cm³/mol. The van der Waals surface area contributed by atoms with Gasteiger partial charge >= 0.3 is 0 Å². The van der Waals surface area contributed by atoms with Crippen molar-refractivity contribution >= 4 is 11.3 Å². The van der Waals surface area contributed by atoms with Gasteiger partial charge in [-0.05, 0) is 23.6 Å². The summed E-state index contributed by atoms with van der Waals surface area (Å²) in [4.78, 5) is 4.46. The van der Waals surface area contributed by atoms with Crippen LogP contribution in [0.5, 0.6) is 0 Å². The number of hydrogen-bond donors (Lipinski definition) is 1. The van der Waals surface area contributed by atoms with E-state index in [1.54, 1.807) is 11.3 Å². The number of nitrogens with zero attached hydrogens (tertiary/aromatic N) is 1. The summed E-state index contributed by atoms with van der Waals surface area (Å²) >= 11 is 1.68. The number of ether oxygens (including phenoxy) is 1. The van der Waals surface area contributed by atoms with E-state index in [4.69, 9.17) is 10.5 Å². The maximum absolute atomic E-state index is 6.25. The number of nitrogens with two attached hydrogens (primary N) is 1. The number of aromatic nitrogens is 1. The molecule has 0 spiro atoms. The molecule has 0 fully saturated rings. The van der Waals surface area contributed by atoms with Gasteiger partial charge in [0, 0.05) is 17.8 Å². The van der Waals surface area contributed by atoms with Crippen molar-refractivity contribution in [3.05, 3.63) is 51.0 Å². The molecule has 2 heterocycles. The Labute approximate surface area is 111 Å². The fraction of sp³-hybridized carbons (Fsp3) is 0.357. The Kier molecular flexibility index (Phi) is 3.16. The molecule has 0 saturated carbocycles. The summed E-state index contributed by atoms with van der Waals surface area (Å²) in [5, 5.41) is 3.19. The molecule has 1 aromatic carbocycles. The lowest BCUT2D eigenvalue weighted by molar-refractivity contribution is 0.134. The van der Waals surface area contributed by atoms with Crippen molar-refractivity contribution in [2.24, 2.45) is 5.73 Å². The summed E-state index contributed by atoms with van der Waals surface area (Å²) in [6.45, 7) is 3.47. The number of benzene rings is 1. The Morgan fingerprint density at radius 1 is 1.39 bits per heavy atom.